The van der Waals surface area contributed by atoms with E-state index in [-0.39, 0.29) is 19.0 Å². The van der Waals surface area contributed by atoms with Gasteiger partial charge < -0.3 is 9.47 Å². The number of rotatable bonds is 8. The standard InChI is InChI=1S/C16H18BrN3O3S/c1-3-22-15(21)6-7-23-14-5-4-13(17)8-12(14)9-18-20-16-19-11(2)10-24-16/h4-5,8-10H,3,6-7H2,1-2H3,(H,19,20). The van der Waals surface area contributed by atoms with Crippen LogP contribution in [0.4, 0.5) is 5.13 Å². The first-order valence-corrected chi connectivity index (χ1v) is 9.05. The minimum Gasteiger partial charge on any atom is -0.492 e. The van der Waals surface area contributed by atoms with E-state index < -0.39 is 0 Å². The molecule has 0 unspecified atom stereocenters. The number of ether oxygens (including phenoxy) is 2. The SMILES string of the molecule is CCOC(=O)CCOc1ccc(Br)cc1C=NNc1nc(C)cs1. The summed E-state index contributed by atoms with van der Waals surface area (Å²) in [6.45, 7) is 4.32. The second kappa shape index (κ2) is 9.39. The molecule has 1 aromatic heterocycles. The lowest BCUT2D eigenvalue weighted by atomic mass is 10.2. The number of carbonyl (C=O) groups is 1. The summed E-state index contributed by atoms with van der Waals surface area (Å²) in [6, 6.07) is 5.58. The number of carbonyl (C=O) groups excluding carboxylic acids is 1. The minimum absolute atomic E-state index is 0.205. The van der Waals surface area contributed by atoms with Gasteiger partial charge in [-0.2, -0.15) is 5.10 Å². The number of hydrazone groups is 1. The van der Waals surface area contributed by atoms with Crippen molar-refractivity contribution in [1.29, 1.82) is 0 Å². The Hall–Kier alpha value is -1.93. The van der Waals surface area contributed by atoms with Crippen LogP contribution < -0.4 is 10.2 Å². The number of hydrogen-bond donors (Lipinski definition) is 1. The molecule has 0 saturated carbocycles. The maximum Gasteiger partial charge on any atom is 0.309 e. The zero-order valence-corrected chi connectivity index (χ0v) is 15.8. The van der Waals surface area contributed by atoms with Gasteiger partial charge in [0.25, 0.3) is 0 Å². The Balaban J connectivity index is 1.97. The number of halogens is 1. The molecule has 0 amide bonds. The first-order chi connectivity index (χ1) is 11.6. The molecule has 0 bridgehead atoms. The summed E-state index contributed by atoms with van der Waals surface area (Å²) in [4.78, 5) is 15.6. The average Bonchev–Trinajstić information content (AvgIpc) is 2.95. The van der Waals surface area contributed by atoms with Crippen molar-refractivity contribution in [3.63, 3.8) is 0 Å². The van der Waals surface area contributed by atoms with Gasteiger partial charge in [-0.25, -0.2) is 4.98 Å². The maximum absolute atomic E-state index is 11.4. The molecule has 2 aromatic rings. The maximum atomic E-state index is 11.4. The number of thiazole rings is 1. The van der Waals surface area contributed by atoms with E-state index in [1.54, 1.807) is 13.1 Å². The molecule has 24 heavy (non-hydrogen) atoms. The van der Waals surface area contributed by atoms with Crippen LogP contribution in [0.2, 0.25) is 0 Å². The Labute approximate surface area is 153 Å². The molecule has 8 heteroatoms. The van der Waals surface area contributed by atoms with Crippen LogP contribution in [0, 0.1) is 6.92 Å². The highest BCUT2D eigenvalue weighted by molar-refractivity contribution is 9.10. The van der Waals surface area contributed by atoms with E-state index in [9.17, 15) is 4.79 Å². The highest BCUT2D eigenvalue weighted by atomic mass is 79.9. The molecule has 0 spiro atoms. The van der Waals surface area contributed by atoms with Crippen LogP contribution in [0.1, 0.15) is 24.6 Å². The van der Waals surface area contributed by atoms with Gasteiger partial charge in [-0.05, 0) is 32.0 Å². The predicted octanol–water partition coefficient (Wildman–Crippen LogP) is 3.99. The van der Waals surface area contributed by atoms with Gasteiger partial charge in [0.05, 0.1) is 31.5 Å². The Morgan fingerprint density at radius 3 is 3.04 bits per heavy atom. The van der Waals surface area contributed by atoms with E-state index in [0.717, 1.165) is 20.9 Å². The van der Waals surface area contributed by atoms with E-state index in [2.05, 4.69) is 31.4 Å². The zero-order chi connectivity index (χ0) is 17.4. The van der Waals surface area contributed by atoms with Gasteiger partial charge in [0.1, 0.15) is 5.75 Å². The molecule has 2 rings (SSSR count). The van der Waals surface area contributed by atoms with Crippen LogP contribution in [0.3, 0.4) is 0 Å². The molecule has 1 N–H and O–H groups in total. The molecular formula is C16H18BrN3O3S. The van der Waals surface area contributed by atoms with Gasteiger partial charge in [-0.1, -0.05) is 15.9 Å². The predicted molar refractivity (Wildman–Crippen MR) is 99.0 cm³/mol. The van der Waals surface area contributed by atoms with Crippen molar-refractivity contribution in [2.24, 2.45) is 5.10 Å². The van der Waals surface area contributed by atoms with Crippen LogP contribution in [0.25, 0.3) is 0 Å². The summed E-state index contributed by atoms with van der Waals surface area (Å²) in [5, 5.41) is 6.85. The fourth-order valence-electron chi connectivity index (χ4n) is 1.79. The number of benzene rings is 1. The van der Waals surface area contributed by atoms with Crippen LogP contribution in [0.15, 0.2) is 33.2 Å². The molecule has 1 aromatic carbocycles. The molecule has 128 valence electrons. The quantitative estimate of drug-likeness (QED) is 0.403. The average molecular weight is 412 g/mol. The van der Waals surface area contributed by atoms with Crippen molar-refractivity contribution >= 4 is 44.6 Å². The summed E-state index contributed by atoms with van der Waals surface area (Å²) in [6.07, 6.45) is 1.86. The Morgan fingerprint density at radius 1 is 1.50 bits per heavy atom. The highest BCUT2D eigenvalue weighted by Crippen LogP contribution is 2.22. The van der Waals surface area contributed by atoms with E-state index >= 15 is 0 Å². The number of nitrogens with zero attached hydrogens (tertiary/aromatic N) is 2. The van der Waals surface area contributed by atoms with Gasteiger partial charge in [0, 0.05) is 15.4 Å². The summed E-state index contributed by atoms with van der Waals surface area (Å²) in [5.74, 6) is 0.369. The highest BCUT2D eigenvalue weighted by Gasteiger charge is 2.06. The third kappa shape index (κ3) is 5.93. The molecule has 1 heterocycles. The fraction of sp³-hybridized carbons (Fsp3) is 0.312. The minimum atomic E-state index is -0.273. The summed E-state index contributed by atoms with van der Waals surface area (Å²) < 4.78 is 11.4. The lowest BCUT2D eigenvalue weighted by Gasteiger charge is -2.09. The molecule has 6 nitrogen and oxygen atoms in total. The largest absolute Gasteiger partial charge is 0.492 e. The third-order valence-corrected chi connectivity index (χ3v) is 4.18. The first kappa shape index (κ1) is 18.4. The van der Waals surface area contributed by atoms with Crippen molar-refractivity contribution < 1.29 is 14.3 Å². The fourth-order valence-corrected chi connectivity index (χ4v) is 2.81. The van der Waals surface area contributed by atoms with E-state index in [0.29, 0.717) is 12.4 Å². The van der Waals surface area contributed by atoms with Gasteiger partial charge in [-0.15, -0.1) is 11.3 Å². The van der Waals surface area contributed by atoms with Crippen LogP contribution in [0.5, 0.6) is 5.75 Å². The lowest BCUT2D eigenvalue weighted by molar-refractivity contribution is -0.143. The van der Waals surface area contributed by atoms with Gasteiger partial charge in [-0.3, -0.25) is 10.2 Å². The normalized spacial score (nSPS) is 10.8. The van der Waals surface area contributed by atoms with Gasteiger partial charge >= 0.3 is 5.97 Å². The first-order valence-electron chi connectivity index (χ1n) is 7.37. The number of esters is 1. The van der Waals surface area contributed by atoms with Gasteiger partial charge in [0.2, 0.25) is 5.13 Å². The molecule has 0 fully saturated rings. The van der Waals surface area contributed by atoms with Crippen molar-refractivity contribution in [1.82, 2.24) is 4.98 Å². The molecule has 0 aliphatic carbocycles. The molecule has 0 radical (unpaired) electrons. The second-order valence-electron chi connectivity index (χ2n) is 4.75. The van der Waals surface area contributed by atoms with E-state index in [1.807, 2.05) is 30.5 Å². The van der Waals surface area contributed by atoms with Gasteiger partial charge in [0.15, 0.2) is 0 Å². The number of anilines is 1. The van der Waals surface area contributed by atoms with Crippen molar-refractivity contribution in [2.75, 3.05) is 18.6 Å². The summed E-state index contributed by atoms with van der Waals surface area (Å²) in [7, 11) is 0. The van der Waals surface area contributed by atoms with Crippen molar-refractivity contribution in [3.8, 4) is 5.75 Å². The van der Waals surface area contributed by atoms with E-state index in [4.69, 9.17) is 9.47 Å². The molecule has 0 saturated heterocycles. The second-order valence-corrected chi connectivity index (χ2v) is 6.52. The number of aryl methyl sites for hydroxylation is 1. The number of nitrogens with one attached hydrogen (secondary N) is 1. The zero-order valence-electron chi connectivity index (χ0n) is 13.4. The number of aromatic nitrogens is 1. The van der Waals surface area contributed by atoms with E-state index in [1.165, 1.54) is 11.3 Å². The van der Waals surface area contributed by atoms with Crippen molar-refractivity contribution in [2.45, 2.75) is 20.3 Å². The Bertz CT molecular complexity index is 718. The molecule has 0 aliphatic heterocycles. The smallest absolute Gasteiger partial charge is 0.309 e. The molecule has 0 atom stereocenters. The van der Waals surface area contributed by atoms with Crippen LogP contribution in [-0.4, -0.2) is 30.4 Å². The Morgan fingerprint density at radius 2 is 2.33 bits per heavy atom. The Kier molecular flexibility index (Phi) is 7.20. The summed E-state index contributed by atoms with van der Waals surface area (Å²) >= 11 is 4.91. The monoisotopic (exact) mass is 411 g/mol. The third-order valence-electron chi connectivity index (χ3n) is 2.82. The molecule has 0 aliphatic rings. The van der Waals surface area contributed by atoms with Crippen LogP contribution >= 0.6 is 27.3 Å². The van der Waals surface area contributed by atoms with Crippen LogP contribution in [-0.2, 0) is 9.53 Å². The topological polar surface area (TPSA) is 72.8 Å². The van der Waals surface area contributed by atoms with Crippen molar-refractivity contribution in [3.05, 3.63) is 39.3 Å². The lowest BCUT2D eigenvalue weighted by Crippen LogP contribution is -2.10. The molecular weight excluding hydrogens is 394 g/mol. The summed E-state index contributed by atoms with van der Waals surface area (Å²) in [5.41, 5.74) is 4.62. The number of hydrogen-bond acceptors (Lipinski definition) is 7.